The molecular weight excluding hydrogens is 312 g/mol. The maximum atomic E-state index is 12.6. The number of nitrogens with two attached hydrogens (primary N) is 1. The van der Waals surface area contributed by atoms with E-state index < -0.39 is 10.0 Å². The zero-order valence-corrected chi connectivity index (χ0v) is 13.6. The van der Waals surface area contributed by atoms with Crippen molar-refractivity contribution in [3.63, 3.8) is 0 Å². The fraction of sp³-hybridized carbons (Fsp3) is 0.769. The highest BCUT2D eigenvalue weighted by Crippen LogP contribution is 2.40. The summed E-state index contributed by atoms with van der Waals surface area (Å²) >= 11 is 5.97. The number of sulfonamides is 1. The summed E-state index contributed by atoms with van der Waals surface area (Å²) < 4.78 is 29.4. The highest BCUT2D eigenvalue weighted by Gasteiger charge is 2.42. The van der Waals surface area contributed by atoms with Gasteiger partial charge >= 0.3 is 0 Å². The lowest BCUT2D eigenvalue weighted by Gasteiger charge is -2.44. The van der Waals surface area contributed by atoms with Crippen LogP contribution >= 0.6 is 11.6 Å². The van der Waals surface area contributed by atoms with Crippen molar-refractivity contribution in [2.24, 2.45) is 24.6 Å². The average Bonchev–Trinajstić information content (AvgIpc) is 2.70. The van der Waals surface area contributed by atoms with Crippen LogP contribution in [-0.4, -0.2) is 30.3 Å². The van der Waals surface area contributed by atoms with Gasteiger partial charge in [0.2, 0.25) is 0 Å². The van der Waals surface area contributed by atoms with Crippen LogP contribution in [0.1, 0.15) is 32.1 Å². The molecule has 2 atom stereocenters. The molecule has 3 N–H and O–H groups in total. The quantitative estimate of drug-likeness (QED) is 0.871. The van der Waals surface area contributed by atoms with E-state index in [9.17, 15) is 8.42 Å². The van der Waals surface area contributed by atoms with Crippen LogP contribution in [0.2, 0.25) is 5.02 Å². The third-order valence-corrected chi connectivity index (χ3v) is 6.73. The Labute approximate surface area is 130 Å². The molecule has 2 bridgehead atoms. The highest BCUT2D eigenvalue weighted by molar-refractivity contribution is 7.89. The van der Waals surface area contributed by atoms with Crippen molar-refractivity contribution in [1.29, 1.82) is 0 Å². The number of nitrogens with one attached hydrogen (secondary N) is 1. The minimum Gasteiger partial charge on any atom is -0.328 e. The predicted octanol–water partition coefficient (Wildman–Crippen LogP) is 1.26. The van der Waals surface area contributed by atoms with Crippen LogP contribution in [0, 0.1) is 11.8 Å². The molecule has 21 heavy (non-hydrogen) atoms. The molecule has 0 saturated heterocycles. The third-order valence-electron chi connectivity index (χ3n) is 4.76. The van der Waals surface area contributed by atoms with Crippen LogP contribution in [-0.2, 0) is 17.1 Å². The fourth-order valence-corrected chi connectivity index (χ4v) is 5.95. The lowest BCUT2D eigenvalue weighted by molar-refractivity contribution is 0.125. The van der Waals surface area contributed by atoms with Gasteiger partial charge in [0, 0.05) is 19.1 Å². The summed E-state index contributed by atoms with van der Waals surface area (Å²) in [5, 5.41) is 4.10. The topological polar surface area (TPSA) is 90.0 Å². The normalized spacial score (nSPS) is 33.1. The minimum atomic E-state index is -3.66. The maximum absolute atomic E-state index is 12.6. The summed E-state index contributed by atoms with van der Waals surface area (Å²) in [6.45, 7) is 0. The zero-order chi connectivity index (χ0) is 15.2. The number of nitrogens with zero attached hydrogens (tertiary/aromatic N) is 2. The molecule has 0 amide bonds. The Morgan fingerprint density at radius 3 is 2.52 bits per heavy atom. The van der Waals surface area contributed by atoms with Crippen LogP contribution in [0.4, 0.5) is 0 Å². The van der Waals surface area contributed by atoms with Crippen molar-refractivity contribution >= 4 is 21.6 Å². The van der Waals surface area contributed by atoms with Crippen molar-refractivity contribution in [2.45, 2.75) is 49.2 Å². The number of halogens is 1. The zero-order valence-electron chi connectivity index (χ0n) is 12.0. The van der Waals surface area contributed by atoms with E-state index in [0.29, 0.717) is 11.8 Å². The Balaban J connectivity index is 1.86. The van der Waals surface area contributed by atoms with Crippen LogP contribution in [0.3, 0.4) is 0 Å². The number of hydrogen-bond acceptors (Lipinski definition) is 4. The average molecular weight is 333 g/mol. The smallest absolute Gasteiger partial charge is 0.259 e. The molecule has 0 aromatic carbocycles. The Bertz CT molecular complexity index is 597. The van der Waals surface area contributed by atoms with E-state index in [4.69, 9.17) is 17.3 Å². The second-order valence-electron chi connectivity index (χ2n) is 6.25. The van der Waals surface area contributed by atoms with Crippen LogP contribution < -0.4 is 10.5 Å². The summed E-state index contributed by atoms with van der Waals surface area (Å²) in [5.41, 5.74) is 6.08. The molecule has 6 nitrogen and oxygen atoms in total. The van der Waals surface area contributed by atoms with Crippen LogP contribution in [0.5, 0.6) is 0 Å². The molecule has 118 valence electrons. The number of aromatic nitrogens is 2. The van der Waals surface area contributed by atoms with Gasteiger partial charge in [0.15, 0.2) is 5.03 Å². The van der Waals surface area contributed by atoms with E-state index in [1.54, 1.807) is 7.05 Å². The van der Waals surface area contributed by atoms with Gasteiger partial charge in [-0.15, -0.1) is 0 Å². The predicted molar refractivity (Wildman–Crippen MR) is 80.4 cm³/mol. The summed E-state index contributed by atoms with van der Waals surface area (Å²) in [6.07, 6.45) is 6.37. The Kier molecular flexibility index (Phi) is 4.02. The first-order valence-electron chi connectivity index (χ1n) is 7.34. The van der Waals surface area contributed by atoms with Crippen molar-refractivity contribution < 1.29 is 8.42 Å². The van der Waals surface area contributed by atoms with Gasteiger partial charge in [-0.3, -0.25) is 4.68 Å². The number of fused-ring (bicyclic) bond motifs is 2. The molecule has 1 heterocycles. The molecule has 2 aliphatic rings. The molecular formula is C13H21ClN4O2S. The molecule has 0 aliphatic heterocycles. The molecule has 3 rings (SSSR count). The van der Waals surface area contributed by atoms with Gasteiger partial charge in [-0.05, 0) is 37.5 Å². The van der Waals surface area contributed by atoms with E-state index in [0.717, 1.165) is 32.1 Å². The minimum absolute atomic E-state index is 0.0329. The summed E-state index contributed by atoms with van der Waals surface area (Å²) in [4.78, 5) is 0. The molecule has 2 fully saturated rings. The summed E-state index contributed by atoms with van der Waals surface area (Å²) in [7, 11) is -2.08. The Morgan fingerprint density at radius 1 is 1.38 bits per heavy atom. The molecule has 2 unspecified atom stereocenters. The lowest BCUT2D eigenvalue weighted by Crippen LogP contribution is -2.53. The van der Waals surface area contributed by atoms with E-state index in [2.05, 4.69) is 9.82 Å². The van der Waals surface area contributed by atoms with E-state index in [-0.39, 0.29) is 22.1 Å². The molecule has 1 aromatic heterocycles. The first-order chi connectivity index (χ1) is 9.88. The molecule has 2 aliphatic carbocycles. The second kappa shape index (κ2) is 5.53. The van der Waals surface area contributed by atoms with E-state index >= 15 is 0 Å². The second-order valence-corrected chi connectivity index (χ2v) is 8.29. The fourth-order valence-electron chi connectivity index (χ4n) is 3.92. The molecule has 0 radical (unpaired) electrons. The standard InChI is InChI=1S/C13H21ClN4O2S/c1-18-13(11(14)7-16-18)21(19,20)17-12-8-3-2-4-9(12)6-10(15)5-8/h7-10,12,17H,2-6,15H2,1H3. The first kappa shape index (κ1) is 15.3. The van der Waals surface area contributed by atoms with Gasteiger partial charge in [-0.1, -0.05) is 18.0 Å². The summed E-state index contributed by atoms with van der Waals surface area (Å²) in [6, 6.07) is 0.163. The van der Waals surface area contributed by atoms with Gasteiger partial charge in [0.25, 0.3) is 10.0 Å². The highest BCUT2D eigenvalue weighted by atomic mass is 35.5. The van der Waals surface area contributed by atoms with Gasteiger partial charge in [-0.25, -0.2) is 13.1 Å². The molecule has 1 aromatic rings. The van der Waals surface area contributed by atoms with Gasteiger partial charge in [0.1, 0.15) is 0 Å². The molecule has 2 saturated carbocycles. The van der Waals surface area contributed by atoms with Crippen molar-refractivity contribution in [3.8, 4) is 0 Å². The largest absolute Gasteiger partial charge is 0.328 e. The van der Waals surface area contributed by atoms with Crippen molar-refractivity contribution in [1.82, 2.24) is 14.5 Å². The monoisotopic (exact) mass is 332 g/mol. The number of hydrogen-bond donors (Lipinski definition) is 2. The Morgan fingerprint density at radius 2 is 2.00 bits per heavy atom. The van der Waals surface area contributed by atoms with Crippen LogP contribution in [0.25, 0.3) is 0 Å². The van der Waals surface area contributed by atoms with Crippen molar-refractivity contribution in [3.05, 3.63) is 11.2 Å². The SMILES string of the molecule is Cn1ncc(Cl)c1S(=O)(=O)NC1C2CCCC1CC(N)C2. The third kappa shape index (κ3) is 2.84. The van der Waals surface area contributed by atoms with Gasteiger partial charge in [-0.2, -0.15) is 5.10 Å². The van der Waals surface area contributed by atoms with Gasteiger partial charge in [0.05, 0.1) is 11.2 Å². The van der Waals surface area contributed by atoms with Gasteiger partial charge < -0.3 is 5.73 Å². The molecule has 8 heteroatoms. The number of rotatable bonds is 3. The van der Waals surface area contributed by atoms with E-state index in [1.165, 1.54) is 10.9 Å². The van der Waals surface area contributed by atoms with Crippen LogP contribution in [0.15, 0.2) is 11.2 Å². The van der Waals surface area contributed by atoms with E-state index in [1.807, 2.05) is 0 Å². The summed E-state index contributed by atoms with van der Waals surface area (Å²) in [5.74, 6) is 0.656. The maximum Gasteiger partial charge on any atom is 0.259 e. The van der Waals surface area contributed by atoms with Crippen molar-refractivity contribution in [2.75, 3.05) is 0 Å². The lowest BCUT2D eigenvalue weighted by atomic mass is 9.67. The first-order valence-corrected chi connectivity index (χ1v) is 9.20. The number of aryl methyl sites for hydroxylation is 1. The Hall–Kier alpha value is -0.630. The molecule has 0 spiro atoms.